The molecule has 0 unspecified atom stereocenters. The molecule has 0 saturated carbocycles. The van der Waals surface area contributed by atoms with Crippen molar-refractivity contribution in [3.05, 3.63) is 35.5 Å². The molecule has 0 saturated heterocycles. The predicted molar refractivity (Wildman–Crippen MR) is 81.2 cm³/mol. The van der Waals surface area contributed by atoms with Crippen LogP contribution in [0, 0.1) is 5.41 Å². The van der Waals surface area contributed by atoms with Gasteiger partial charge in [-0.05, 0) is 24.8 Å². The molecule has 1 aliphatic rings. The van der Waals surface area contributed by atoms with Gasteiger partial charge in [0.15, 0.2) is 0 Å². The van der Waals surface area contributed by atoms with Gasteiger partial charge in [0.05, 0.1) is 0 Å². The van der Waals surface area contributed by atoms with E-state index in [1.807, 2.05) is 19.2 Å². The maximum absolute atomic E-state index is 6.04. The molecular weight excluding hydrogens is 234 g/mol. The zero-order valence-corrected chi connectivity index (χ0v) is 12.5. The molecule has 1 aromatic heterocycles. The van der Waals surface area contributed by atoms with Gasteiger partial charge in [-0.2, -0.15) is 0 Å². The van der Waals surface area contributed by atoms with Crippen molar-refractivity contribution in [3.8, 4) is 0 Å². The van der Waals surface area contributed by atoms with Crippen LogP contribution >= 0.6 is 0 Å². The Morgan fingerprint density at radius 3 is 2.63 bits per heavy atom. The minimum atomic E-state index is 0.0247. The lowest BCUT2D eigenvalue weighted by atomic mass is 9.83. The largest absolute Gasteiger partial charge is 0.352 e. The third-order valence-electron chi connectivity index (χ3n) is 3.78. The highest BCUT2D eigenvalue weighted by atomic mass is 15.2. The van der Waals surface area contributed by atoms with Crippen molar-refractivity contribution in [2.75, 3.05) is 18.0 Å². The second-order valence-corrected chi connectivity index (χ2v) is 6.38. The molecule has 0 bridgehead atoms. The van der Waals surface area contributed by atoms with Crippen molar-refractivity contribution in [2.24, 2.45) is 11.1 Å². The van der Waals surface area contributed by atoms with Crippen LogP contribution in [0.4, 0.5) is 5.82 Å². The maximum atomic E-state index is 6.04. The first-order chi connectivity index (χ1) is 8.89. The summed E-state index contributed by atoms with van der Waals surface area (Å²) in [6.45, 7) is 10.8. The molecule has 0 spiro atoms. The molecule has 1 atom stereocenters. The van der Waals surface area contributed by atoms with E-state index in [0.29, 0.717) is 0 Å². The lowest BCUT2D eigenvalue weighted by Gasteiger charge is -2.34. The van der Waals surface area contributed by atoms with Crippen LogP contribution in [0.25, 0.3) is 0 Å². The van der Waals surface area contributed by atoms with Gasteiger partial charge in [0.25, 0.3) is 0 Å². The first kappa shape index (κ1) is 14.1. The van der Waals surface area contributed by atoms with E-state index < -0.39 is 0 Å². The van der Waals surface area contributed by atoms with Gasteiger partial charge >= 0.3 is 0 Å². The number of hydrogen-bond acceptors (Lipinski definition) is 3. The van der Waals surface area contributed by atoms with Crippen LogP contribution in [-0.2, 0) is 0 Å². The first-order valence-corrected chi connectivity index (χ1v) is 7.04. The summed E-state index contributed by atoms with van der Waals surface area (Å²) in [5, 5.41) is 0. The van der Waals surface area contributed by atoms with Crippen molar-refractivity contribution in [1.29, 1.82) is 0 Å². The van der Waals surface area contributed by atoms with Crippen molar-refractivity contribution < 1.29 is 0 Å². The van der Waals surface area contributed by atoms with Crippen molar-refractivity contribution in [3.63, 3.8) is 0 Å². The Labute approximate surface area is 116 Å². The van der Waals surface area contributed by atoms with Crippen LogP contribution in [0.5, 0.6) is 0 Å². The van der Waals surface area contributed by atoms with E-state index >= 15 is 0 Å². The summed E-state index contributed by atoms with van der Waals surface area (Å²) in [4.78, 5) is 6.85. The van der Waals surface area contributed by atoms with E-state index in [0.717, 1.165) is 30.9 Å². The Morgan fingerprint density at radius 2 is 2.11 bits per heavy atom. The fourth-order valence-corrected chi connectivity index (χ4v) is 2.57. The molecule has 1 aromatic rings. The number of pyridine rings is 1. The summed E-state index contributed by atoms with van der Waals surface area (Å²) < 4.78 is 0. The molecule has 19 heavy (non-hydrogen) atoms. The molecule has 0 amide bonds. The number of nitrogens with zero attached hydrogens (tertiary/aromatic N) is 2. The normalized spacial score (nSPS) is 18.2. The maximum Gasteiger partial charge on any atom is 0.133 e. The van der Waals surface area contributed by atoms with E-state index in [1.54, 1.807) is 5.57 Å². The zero-order chi connectivity index (χ0) is 14.0. The number of aromatic nitrogens is 1. The molecule has 104 valence electrons. The van der Waals surface area contributed by atoms with Gasteiger partial charge in [-0.15, -0.1) is 0 Å². The molecular formula is C16H25N3. The van der Waals surface area contributed by atoms with E-state index in [-0.39, 0.29) is 11.5 Å². The average molecular weight is 259 g/mol. The van der Waals surface area contributed by atoms with E-state index in [2.05, 4.69) is 42.8 Å². The zero-order valence-electron chi connectivity index (χ0n) is 12.5. The van der Waals surface area contributed by atoms with Gasteiger partial charge in [0.1, 0.15) is 5.82 Å². The van der Waals surface area contributed by atoms with Crippen molar-refractivity contribution in [1.82, 2.24) is 4.98 Å². The molecule has 2 rings (SSSR count). The highest BCUT2D eigenvalue weighted by Gasteiger charge is 2.23. The third kappa shape index (κ3) is 3.16. The van der Waals surface area contributed by atoms with Crippen molar-refractivity contribution in [2.45, 2.75) is 40.2 Å². The lowest BCUT2D eigenvalue weighted by Crippen LogP contribution is -2.33. The summed E-state index contributed by atoms with van der Waals surface area (Å²) in [6.07, 6.45) is 5.31. The molecule has 0 radical (unpaired) electrons. The number of rotatable bonds is 2. The summed E-state index contributed by atoms with van der Waals surface area (Å²) in [6, 6.07) is 4.06. The fourth-order valence-electron chi connectivity index (χ4n) is 2.57. The van der Waals surface area contributed by atoms with Crippen LogP contribution < -0.4 is 10.6 Å². The van der Waals surface area contributed by atoms with Gasteiger partial charge in [0, 0.05) is 30.9 Å². The first-order valence-electron chi connectivity index (χ1n) is 7.04. The Hall–Kier alpha value is -1.35. The molecule has 0 fully saturated rings. The fraction of sp³-hybridized carbons (Fsp3) is 0.562. The molecule has 3 nitrogen and oxygen atoms in total. The molecule has 1 aliphatic heterocycles. The van der Waals surface area contributed by atoms with Gasteiger partial charge in [-0.3, -0.25) is 0 Å². The standard InChI is InChI=1S/C16H25N3/c1-12(17)14-6-5-9-18-15(14)19-10-7-13(8-11-19)16(2,3)4/h5-7,9,12H,8,10-11,17H2,1-4H3/t12-/m0/s1. The molecule has 2 heterocycles. The average Bonchev–Trinajstić information content (AvgIpc) is 2.38. The number of hydrogen-bond donors (Lipinski definition) is 1. The quantitative estimate of drug-likeness (QED) is 0.829. The van der Waals surface area contributed by atoms with Crippen LogP contribution in [0.1, 0.15) is 45.7 Å². The van der Waals surface area contributed by atoms with Crippen LogP contribution in [0.15, 0.2) is 30.0 Å². The topological polar surface area (TPSA) is 42.1 Å². The van der Waals surface area contributed by atoms with Gasteiger partial charge in [0.2, 0.25) is 0 Å². The van der Waals surface area contributed by atoms with E-state index in [9.17, 15) is 0 Å². The van der Waals surface area contributed by atoms with Crippen LogP contribution in [0.3, 0.4) is 0 Å². The summed E-state index contributed by atoms with van der Waals surface area (Å²) in [5.41, 5.74) is 8.99. The van der Waals surface area contributed by atoms with Gasteiger partial charge in [-0.25, -0.2) is 4.98 Å². The van der Waals surface area contributed by atoms with Crippen LogP contribution in [-0.4, -0.2) is 18.1 Å². The highest BCUT2D eigenvalue weighted by Crippen LogP contribution is 2.32. The van der Waals surface area contributed by atoms with E-state index in [1.165, 1.54) is 0 Å². The van der Waals surface area contributed by atoms with Crippen molar-refractivity contribution >= 4 is 5.82 Å². The van der Waals surface area contributed by atoms with E-state index in [4.69, 9.17) is 5.73 Å². The second kappa shape index (κ2) is 5.33. The minimum Gasteiger partial charge on any atom is -0.352 e. The predicted octanol–water partition coefficient (Wildman–Crippen LogP) is 3.28. The van der Waals surface area contributed by atoms with Gasteiger partial charge in [-0.1, -0.05) is 38.5 Å². The molecule has 0 aliphatic carbocycles. The Bertz CT molecular complexity index is 469. The molecule has 2 N–H and O–H groups in total. The SMILES string of the molecule is C[C@H](N)c1cccnc1N1CC=C(C(C)(C)C)CC1. The number of nitrogens with two attached hydrogens (primary N) is 1. The highest BCUT2D eigenvalue weighted by molar-refractivity contribution is 5.50. The Morgan fingerprint density at radius 1 is 1.37 bits per heavy atom. The second-order valence-electron chi connectivity index (χ2n) is 6.38. The Balaban J connectivity index is 2.21. The summed E-state index contributed by atoms with van der Waals surface area (Å²) >= 11 is 0. The Kier molecular flexibility index (Phi) is 3.95. The van der Waals surface area contributed by atoms with Gasteiger partial charge < -0.3 is 10.6 Å². The summed E-state index contributed by atoms with van der Waals surface area (Å²) in [7, 11) is 0. The smallest absolute Gasteiger partial charge is 0.133 e. The molecule has 3 heteroatoms. The van der Waals surface area contributed by atoms with Crippen LogP contribution in [0.2, 0.25) is 0 Å². The molecule has 0 aromatic carbocycles. The summed E-state index contributed by atoms with van der Waals surface area (Å²) in [5.74, 6) is 1.04. The number of anilines is 1. The lowest BCUT2D eigenvalue weighted by molar-refractivity contribution is 0.472. The minimum absolute atomic E-state index is 0.0247. The monoisotopic (exact) mass is 259 g/mol. The third-order valence-corrected chi connectivity index (χ3v) is 3.78.